The number of nitrogens with zero attached hydrogens (tertiary/aromatic N) is 1. The van der Waals surface area contributed by atoms with Crippen LogP contribution in [0.2, 0.25) is 0 Å². The number of carbonyl (C=O) groups is 1. The highest BCUT2D eigenvalue weighted by Crippen LogP contribution is 2.23. The third kappa shape index (κ3) is 4.68. The van der Waals surface area contributed by atoms with E-state index in [0.29, 0.717) is 6.54 Å². The fraction of sp³-hybridized carbons (Fsp3) is 0.438. The van der Waals surface area contributed by atoms with Crippen LogP contribution < -0.4 is 0 Å². The normalized spacial score (nSPS) is 19.7. The quantitative estimate of drug-likeness (QED) is 0.836. The lowest BCUT2D eigenvalue weighted by molar-refractivity contribution is -0.137. The van der Waals surface area contributed by atoms with Gasteiger partial charge in [0.1, 0.15) is 0 Å². The monoisotopic (exact) mass is 323 g/mol. The number of hydrogen-bond donors (Lipinski definition) is 1. The second-order valence-corrected chi connectivity index (χ2v) is 7.44. The van der Waals surface area contributed by atoms with E-state index in [4.69, 9.17) is 5.11 Å². The van der Waals surface area contributed by atoms with E-state index in [1.807, 2.05) is 42.5 Å². The van der Waals surface area contributed by atoms with Gasteiger partial charge in [0, 0.05) is 19.0 Å². The van der Waals surface area contributed by atoms with Crippen molar-refractivity contribution in [1.29, 1.82) is 0 Å². The third-order valence-electron chi connectivity index (χ3n) is 3.71. The first-order valence-corrected chi connectivity index (χ1v) is 9.04. The molecule has 1 fully saturated rings. The predicted molar refractivity (Wildman–Crippen MR) is 85.9 cm³/mol. The van der Waals surface area contributed by atoms with Crippen LogP contribution in [-0.4, -0.2) is 42.1 Å². The first-order valence-electron chi connectivity index (χ1n) is 7.43. The maximum absolute atomic E-state index is 12.3. The topological polar surface area (TPSA) is 74.7 Å². The molecule has 1 heterocycles. The first kappa shape index (κ1) is 16.7. The Morgan fingerprint density at radius 1 is 1.32 bits per heavy atom. The maximum atomic E-state index is 12.3. The van der Waals surface area contributed by atoms with E-state index in [-0.39, 0.29) is 24.6 Å². The van der Waals surface area contributed by atoms with E-state index >= 15 is 0 Å². The van der Waals surface area contributed by atoms with Crippen LogP contribution in [0.4, 0.5) is 0 Å². The van der Waals surface area contributed by atoms with E-state index in [0.717, 1.165) is 18.4 Å². The van der Waals surface area contributed by atoms with E-state index < -0.39 is 16.0 Å². The molecule has 0 amide bonds. The van der Waals surface area contributed by atoms with E-state index in [1.54, 1.807) is 0 Å². The van der Waals surface area contributed by atoms with Crippen LogP contribution in [0.15, 0.2) is 36.4 Å². The van der Waals surface area contributed by atoms with E-state index in [9.17, 15) is 13.2 Å². The van der Waals surface area contributed by atoms with Crippen LogP contribution in [0.25, 0.3) is 6.08 Å². The summed E-state index contributed by atoms with van der Waals surface area (Å²) < 4.78 is 26.2. The summed E-state index contributed by atoms with van der Waals surface area (Å²) in [5.41, 5.74) is 1.04. The third-order valence-corrected chi connectivity index (χ3v) is 5.68. The molecule has 22 heavy (non-hydrogen) atoms. The molecular formula is C16H21NO4S. The maximum Gasteiger partial charge on any atom is 0.303 e. The Hall–Kier alpha value is -1.66. The van der Waals surface area contributed by atoms with Gasteiger partial charge in [0.25, 0.3) is 0 Å². The van der Waals surface area contributed by atoms with Crippen molar-refractivity contribution in [3.63, 3.8) is 0 Å². The van der Waals surface area contributed by atoms with Crippen molar-refractivity contribution in [2.24, 2.45) is 0 Å². The largest absolute Gasteiger partial charge is 0.481 e. The summed E-state index contributed by atoms with van der Waals surface area (Å²) in [4.78, 5) is 10.5. The Morgan fingerprint density at radius 2 is 2.05 bits per heavy atom. The Kier molecular flexibility index (Phi) is 5.74. The summed E-state index contributed by atoms with van der Waals surface area (Å²) in [6.45, 7) is 0.513. The molecule has 0 aliphatic carbocycles. The molecule has 1 atom stereocenters. The van der Waals surface area contributed by atoms with Gasteiger partial charge in [-0.2, -0.15) is 4.31 Å². The van der Waals surface area contributed by atoms with Gasteiger partial charge in [0.15, 0.2) is 0 Å². The minimum absolute atomic E-state index is 0.102. The van der Waals surface area contributed by atoms with Crippen LogP contribution >= 0.6 is 0 Å². The molecule has 1 aromatic rings. The highest BCUT2D eigenvalue weighted by atomic mass is 32.2. The number of aliphatic carboxylic acids is 1. The second kappa shape index (κ2) is 7.56. The molecule has 0 aromatic heterocycles. The van der Waals surface area contributed by atoms with Crippen molar-refractivity contribution in [2.45, 2.75) is 31.7 Å². The molecule has 1 N–H and O–H groups in total. The molecule has 1 aliphatic rings. The molecule has 6 heteroatoms. The first-order chi connectivity index (χ1) is 10.5. The van der Waals surface area contributed by atoms with E-state index in [2.05, 4.69) is 0 Å². The second-order valence-electron chi connectivity index (χ2n) is 5.40. The summed E-state index contributed by atoms with van der Waals surface area (Å²) in [6, 6.07) is 9.62. The molecule has 2 rings (SSSR count). The lowest BCUT2D eigenvalue weighted by atomic mass is 10.1. The van der Waals surface area contributed by atoms with Gasteiger partial charge in [-0.1, -0.05) is 42.5 Å². The van der Waals surface area contributed by atoms with Crippen molar-refractivity contribution in [3.8, 4) is 0 Å². The smallest absolute Gasteiger partial charge is 0.303 e. The molecule has 5 nitrogen and oxygen atoms in total. The van der Waals surface area contributed by atoms with Crippen molar-refractivity contribution >= 4 is 22.1 Å². The summed E-state index contributed by atoms with van der Waals surface area (Å²) in [6.07, 6.45) is 5.55. The zero-order valence-corrected chi connectivity index (χ0v) is 13.2. The van der Waals surface area contributed by atoms with Crippen molar-refractivity contribution in [3.05, 3.63) is 42.0 Å². The fourth-order valence-electron chi connectivity index (χ4n) is 2.61. The van der Waals surface area contributed by atoms with Gasteiger partial charge in [0.2, 0.25) is 10.0 Å². The molecule has 0 spiro atoms. The highest BCUT2D eigenvalue weighted by Gasteiger charge is 2.32. The van der Waals surface area contributed by atoms with Gasteiger partial charge in [-0.25, -0.2) is 8.42 Å². The number of carboxylic acids is 1. The minimum atomic E-state index is -3.39. The standard InChI is InChI=1S/C16H21NO4S/c18-16(19)9-5-13-22(20,21)17-12-4-8-15(17)11-10-14-6-2-1-3-7-14/h1-3,6-7,10-11,15H,4-5,8-9,12-13H2,(H,18,19)/b11-10+. The Bertz CT molecular complexity index is 625. The lowest BCUT2D eigenvalue weighted by Crippen LogP contribution is -2.36. The molecule has 120 valence electrons. The average Bonchev–Trinajstić information content (AvgIpc) is 2.95. The zero-order valence-electron chi connectivity index (χ0n) is 12.4. The summed E-state index contributed by atoms with van der Waals surface area (Å²) in [7, 11) is -3.39. The number of benzene rings is 1. The van der Waals surface area contributed by atoms with Crippen LogP contribution in [0, 0.1) is 0 Å². The van der Waals surface area contributed by atoms with Crippen LogP contribution in [0.5, 0.6) is 0 Å². The molecule has 1 unspecified atom stereocenters. The van der Waals surface area contributed by atoms with Crippen molar-refractivity contribution in [1.82, 2.24) is 4.31 Å². The number of carboxylic acid groups (broad SMARTS) is 1. The van der Waals surface area contributed by atoms with E-state index in [1.165, 1.54) is 4.31 Å². The Morgan fingerprint density at radius 3 is 2.73 bits per heavy atom. The minimum Gasteiger partial charge on any atom is -0.481 e. The van der Waals surface area contributed by atoms with Crippen molar-refractivity contribution < 1.29 is 18.3 Å². The fourth-order valence-corrected chi connectivity index (χ4v) is 4.35. The summed E-state index contributed by atoms with van der Waals surface area (Å²) in [5, 5.41) is 8.62. The molecule has 1 saturated heterocycles. The summed E-state index contributed by atoms with van der Waals surface area (Å²) >= 11 is 0. The van der Waals surface area contributed by atoms with Crippen LogP contribution in [0.3, 0.4) is 0 Å². The van der Waals surface area contributed by atoms with Crippen LogP contribution in [-0.2, 0) is 14.8 Å². The molecule has 1 aliphatic heterocycles. The van der Waals surface area contributed by atoms with Crippen molar-refractivity contribution in [2.75, 3.05) is 12.3 Å². The average molecular weight is 323 g/mol. The summed E-state index contributed by atoms with van der Waals surface area (Å²) in [5.74, 6) is -1.06. The Balaban J connectivity index is 2.00. The number of hydrogen-bond acceptors (Lipinski definition) is 3. The number of sulfonamides is 1. The molecule has 1 aromatic carbocycles. The molecule has 0 saturated carbocycles. The van der Waals surface area contributed by atoms with Gasteiger partial charge in [-0.3, -0.25) is 4.79 Å². The van der Waals surface area contributed by atoms with Gasteiger partial charge in [0.05, 0.1) is 5.75 Å². The van der Waals surface area contributed by atoms with Gasteiger partial charge in [-0.05, 0) is 24.8 Å². The SMILES string of the molecule is O=C(O)CCCS(=O)(=O)N1CCCC1/C=C/c1ccccc1. The van der Waals surface area contributed by atoms with Crippen LogP contribution in [0.1, 0.15) is 31.2 Å². The molecular weight excluding hydrogens is 302 g/mol. The zero-order chi connectivity index (χ0) is 16.0. The molecule has 0 bridgehead atoms. The van der Waals surface area contributed by atoms with Gasteiger partial charge >= 0.3 is 5.97 Å². The lowest BCUT2D eigenvalue weighted by Gasteiger charge is -2.21. The molecule has 0 radical (unpaired) electrons. The van der Waals surface area contributed by atoms with Gasteiger partial charge in [-0.15, -0.1) is 0 Å². The highest BCUT2D eigenvalue weighted by molar-refractivity contribution is 7.89. The number of rotatable bonds is 7. The predicted octanol–water partition coefficient (Wildman–Crippen LogP) is 2.36. The Labute approximate surface area is 131 Å². The van der Waals surface area contributed by atoms with Gasteiger partial charge < -0.3 is 5.11 Å².